The molecule has 8 nitrogen and oxygen atoms in total. The standard InChI is InChI=1S/C23H19N3O5S/c1-30-16-9-7-14(8-10-16)18-11-17-21(32-18)23(29)26(13-25-17)12-19(27)31-20(22(24)28)15-5-3-2-4-6-15/h2-11,13,20H,12H2,1H3,(H2,24,28). The van der Waals surface area contributed by atoms with Gasteiger partial charge in [-0.25, -0.2) is 4.98 Å². The number of thiophene rings is 1. The molecule has 1 amide bonds. The van der Waals surface area contributed by atoms with Gasteiger partial charge in [-0.05, 0) is 35.9 Å². The van der Waals surface area contributed by atoms with Gasteiger partial charge in [0.25, 0.3) is 11.5 Å². The third-order valence-electron chi connectivity index (χ3n) is 4.79. The summed E-state index contributed by atoms with van der Waals surface area (Å²) in [6, 6.07) is 17.7. The fraction of sp³-hybridized carbons (Fsp3) is 0.130. The second kappa shape index (κ2) is 9.03. The van der Waals surface area contributed by atoms with Crippen molar-refractivity contribution in [3.8, 4) is 16.2 Å². The third-order valence-corrected chi connectivity index (χ3v) is 5.95. The van der Waals surface area contributed by atoms with E-state index in [4.69, 9.17) is 15.2 Å². The number of amides is 1. The van der Waals surface area contributed by atoms with E-state index in [0.29, 0.717) is 15.8 Å². The summed E-state index contributed by atoms with van der Waals surface area (Å²) in [5.74, 6) is -0.834. The summed E-state index contributed by atoms with van der Waals surface area (Å²) in [5.41, 5.74) is 6.93. The fourth-order valence-electron chi connectivity index (χ4n) is 3.18. The Balaban J connectivity index is 1.56. The predicted molar refractivity (Wildman–Crippen MR) is 120 cm³/mol. The maximum Gasteiger partial charge on any atom is 0.327 e. The van der Waals surface area contributed by atoms with Crippen LogP contribution >= 0.6 is 11.3 Å². The molecule has 0 aliphatic rings. The van der Waals surface area contributed by atoms with Gasteiger partial charge in [-0.2, -0.15) is 0 Å². The molecule has 2 aromatic heterocycles. The molecule has 0 radical (unpaired) electrons. The highest BCUT2D eigenvalue weighted by Crippen LogP contribution is 2.31. The van der Waals surface area contributed by atoms with Crippen LogP contribution in [0.25, 0.3) is 20.7 Å². The first-order valence-corrected chi connectivity index (χ1v) is 10.4. The van der Waals surface area contributed by atoms with E-state index in [1.807, 2.05) is 30.3 Å². The average molecular weight is 449 g/mol. The number of nitrogens with zero attached hydrogens (tertiary/aromatic N) is 2. The molecular formula is C23H19N3O5S. The Morgan fingerprint density at radius 3 is 2.50 bits per heavy atom. The topological polar surface area (TPSA) is 114 Å². The first kappa shape index (κ1) is 21.3. The number of primary amides is 1. The zero-order valence-corrected chi connectivity index (χ0v) is 17.9. The van der Waals surface area contributed by atoms with Gasteiger partial charge in [-0.3, -0.25) is 19.0 Å². The van der Waals surface area contributed by atoms with E-state index in [2.05, 4.69) is 4.98 Å². The number of rotatable bonds is 7. The van der Waals surface area contributed by atoms with Crippen LogP contribution in [0.5, 0.6) is 5.75 Å². The Kier molecular flexibility index (Phi) is 6.00. The molecule has 0 saturated carbocycles. The summed E-state index contributed by atoms with van der Waals surface area (Å²) < 4.78 is 12.0. The van der Waals surface area contributed by atoms with Crippen molar-refractivity contribution in [1.29, 1.82) is 0 Å². The molecule has 32 heavy (non-hydrogen) atoms. The second-order valence-corrected chi connectivity index (χ2v) is 7.97. The molecule has 1 atom stereocenters. The van der Waals surface area contributed by atoms with Crippen molar-refractivity contribution in [2.24, 2.45) is 5.73 Å². The summed E-state index contributed by atoms with van der Waals surface area (Å²) in [7, 11) is 1.59. The van der Waals surface area contributed by atoms with Crippen LogP contribution in [-0.2, 0) is 20.9 Å². The number of aromatic nitrogens is 2. The van der Waals surface area contributed by atoms with Crippen molar-refractivity contribution in [2.45, 2.75) is 12.6 Å². The van der Waals surface area contributed by atoms with Crippen molar-refractivity contribution in [3.63, 3.8) is 0 Å². The molecule has 0 aliphatic heterocycles. The van der Waals surface area contributed by atoms with Crippen LogP contribution in [0.15, 0.2) is 71.8 Å². The number of nitrogens with two attached hydrogens (primary N) is 1. The normalized spacial score (nSPS) is 11.8. The predicted octanol–water partition coefficient (Wildman–Crippen LogP) is 2.90. The van der Waals surface area contributed by atoms with E-state index in [0.717, 1.165) is 20.8 Å². The number of hydrogen-bond donors (Lipinski definition) is 1. The fourth-order valence-corrected chi connectivity index (χ4v) is 4.25. The Labute approximate surface area is 186 Å². The molecule has 9 heteroatoms. The zero-order chi connectivity index (χ0) is 22.7. The third kappa shape index (κ3) is 4.37. The van der Waals surface area contributed by atoms with Crippen molar-refractivity contribution in [1.82, 2.24) is 9.55 Å². The van der Waals surface area contributed by atoms with Crippen molar-refractivity contribution >= 4 is 33.4 Å². The molecule has 2 aromatic carbocycles. The van der Waals surface area contributed by atoms with Crippen LogP contribution in [0.3, 0.4) is 0 Å². The van der Waals surface area contributed by atoms with Gasteiger partial charge in [0, 0.05) is 10.4 Å². The van der Waals surface area contributed by atoms with Gasteiger partial charge in [0.15, 0.2) is 0 Å². The highest BCUT2D eigenvalue weighted by atomic mass is 32.1. The number of methoxy groups -OCH3 is 1. The first-order valence-electron chi connectivity index (χ1n) is 9.63. The van der Waals surface area contributed by atoms with Crippen molar-refractivity contribution in [3.05, 3.63) is 82.9 Å². The highest BCUT2D eigenvalue weighted by molar-refractivity contribution is 7.22. The number of esters is 1. The number of carbonyl (C=O) groups is 2. The van der Waals surface area contributed by atoms with Gasteiger partial charge in [-0.1, -0.05) is 30.3 Å². The number of ether oxygens (including phenoxy) is 2. The molecule has 4 rings (SSSR count). The zero-order valence-electron chi connectivity index (χ0n) is 17.1. The quantitative estimate of drug-likeness (QED) is 0.434. The number of carbonyl (C=O) groups excluding carboxylic acids is 2. The lowest BCUT2D eigenvalue weighted by atomic mass is 10.1. The van der Waals surface area contributed by atoms with Crippen LogP contribution in [0.1, 0.15) is 11.7 Å². The van der Waals surface area contributed by atoms with Crippen molar-refractivity contribution < 1.29 is 19.1 Å². The lowest BCUT2D eigenvalue weighted by molar-refractivity contribution is -0.156. The van der Waals surface area contributed by atoms with Crippen LogP contribution < -0.4 is 16.0 Å². The molecule has 0 bridgehead atoms. The summed E-state index contributed by atoms with van der Waals surface area (Å²) in [6.45, 7) is -0.395. The summed E-state index contributed by atoms with van der Waals surface area (Å²) in [5, 5.41) is 0. The van der Waals surface area contributed by atoms with Crippen LogP contribution in [0.4, 0.5) is 0 Å². The molecule has 0 saturated heterocycles. The number of benzene rings is 2. The molecule has 162 valence electrons. The van der Waals surface area contributed by atoms with Gasteiger partial charge < -0.3 is 15.2 Å². The monoisotopic (exact) mass is 449 g/mol. The molecule has 0 aliphatic carbocycles. The summed E-state index contributed by atoms with van der Waals surface area (Å²) in [4.78, 5) is 42.3. The van der Waals surface area contributed by atoms with Gasteiger partial charge >= 0.3 is 5.97 Å². The maximum absolute atomic E-state index is 12.9. The van der Waals surface area contributed by atoms with Crippen molar-refractivity contribution in [2.75, 3.05) is 7.11 Å². The summed E-state index contributed by atoms with van der Waals surface area (Å²) in [6.07, 6.45) is 0.0534. The van der Waals surface area contributed by atoms with Crippen LogP contribution in [0, 0.1) is 0 Å². The number of fused-ring (bicyclic) bond motifs is 1. The minimum atomic E-state index is -1.24. The Hall–Kier alpha value is -3.98. The molecule has 0 spiro atoms. The van der Waals surface area contributed by atoms with E-state index in [1.165, 1.54) is 17.7 Å². The second-order valence-electron chi connectivity index (χ2n) is 6.91. The van der Waals surface area contributed by atoms with E-state index in [-0.39, 0.29) is 5.56 Å². The SMILES string of the molecule is COc1ccc(-c2cc3ncn(CC(=O)OC(C(N)=O)c4ccccc4)c(=O)c3s2)cc1. The van der Waals surface area contributed by atoms with Gasteiger partial charge in [0.2, 0.25) is 6.10 Å². The molecule has 0 fully saturated rings. The smallest absolute Gasteiger partial charge is 0.327 e. The van der Waals surface area contributed by atoms with Crippen LogP contribution in [0.2, 0.25) is 0 Å². The largest absolute Gasteiger partial charge is 0.497 e. The van der Waals surface area contributed by atoms with E-state index in [9.17, 15) is 14.4 Å². The Morgan fingerprint density at radius 2 is 1.84 bits per heavy atom. The molecule has 2 heterocycles. The van der Waals surface area contributed by atoms with Gasteiger partial charge in [0.05, 0.1) is 19.0 Å². The Bertz CT molecular complexity index is 1330. The first-order chi connectivity index (χ1) is 15.5. The van der Waals surface area contributed by atoms with E-state index >= 15 is 0 Å². The molecule has 2 N–H and O–H groups in total. The highest BCUT2D eigenvalue weighted by Gasteiger charge is 2.23. The minimum Gasteiger partial charge on any atom is -0.497 e. The van der Waals surface area contributed by atoms with Gasteiger partial charge in [0.1, 0.15) is 17.0 Å². The van der Waals surface area contributed by atoms with Gasteiger partial charge in [-0.15, -0.1) is 11.3 Å². The molecule has 4 aromatic rings. The minimum absolute atomic E-state index is 0.368. The number of hydrogen-bond acceptors (Lipinski definition) is 7. The lowest BCUT2D eigenvalue weighted by Gasteiger charge is -2.15. The summed E-state index contributed by atoms with van der Waals surface area (Å²) >= 11 is 1.28. The molecular weight excluding hydrogens is 430 g/mol. The average Bonchev–Trinajstić information content (AvgIpc) is 3.25. The molecule has 1 unspecified atom stereocenters. The Morgan fingerprint density at radius 1 is 1.12 bits per heavy atom. The van der Waals surface area contributed by atoms with Crippen LogP contribution in [-0.4, -0.2) is 28.5 Å². The maximum atomic E-state index is 12.9. The van der Waals surface area contributed by atoms with E-state index < -0.39 is 24.5 Å². The lowest BCUT2D eigenvalue weighted by Crippen LogP contribution is -2.30. The van der Waals surface area contributed by atoms with E-state index in [1.54, 1.807) is 37.4 Å².